The summed E-state index contributed by atoms with van der Waals surface area (Å²) in [5.74, 6) is -1.54. The molecule has 1 rings (SSSR count). The van der Waals surface area contributed by atoms with E-state index in [-0.39, 0.29) is 30.4 Å². The Hall–Kier alpha value is -2.07. The highest BCUT2D eigenvalue weighted by Gasteiger charge is 2.10. The molecule has 1 aromatic heterocycles. The molecule has 0 aliphatic heterocycles. The highest BCUT2D eigenvalue weighted by atomic mass is 32.2. The second-order valence-electron chi connectivity index (χ2n) is 3.55. The van der Waals surface area contributed by atoms with Gasteiger partial charge < -0.3 is 20.2 Å². The summed E-state index contributed by atoms with van der Waals surface area (Å²) in [5, 5.41) is 18.0. The van der Waals surface area contributed by atoms with E-state index in [9.17, 15) is 18.0 Å². The zero-order valence-corrected chi connectivity index (χ0v) is 10.6. The van der Waals surface area contributed by atoms with Gasteiger partial charge in [0.15, 0.2) is 0 Å². The molecule has 2 amide bonds. The first-order valence-corrected chi connectivity index (χ1v) is 6.83. The van der Waals surface area contributed by atoms with Gasteiger partial charge in [-0.05, 0) is 12.1 Å². The molecule has 1 aromatic rings. The van der Waals surface area contributed by atoms with E-state index < -0.39 is 22.0 Å². The highest BCUT2D eigenvalue weighted by Crippen LogP contribution is 2.07. The second kappa shape index (κ2) is 6.20. The third kappa shape index (κ3) is 5.88. The number of carboxylic acid groups (broad SMARTS) is 1. The Morgan fingerprint density at radius 2 is 2.00 bits per heavy atom. The molecular formula is C9H13N3O6S. The number of urea groups is 1. The zero-order valence-electron chi connectivity index (χ0n) is 9.75. The van der Waals surface area contributed by atoms with Gasteiger partial charge in [-0.2, -0.15) is 0 Å². The van der Waals surface area contributed by atoms with Crippen LogP contribution in [0.25, 0.3) is 0 Å². The third-order valence-electron chi connectivity index (χ3n) is 1.97. The van der Waals surface area contributed by atoms with Crippen LogP contribution in [0.2, 0.25) is 0 Å². The summed E-state index contributed by atoms with van der Waals surface area (Å²) >= 11 is 0. The smallest absolute Gasteiger partial charge is 0.371 e. The predicted molar refractivity (Wildman–Crippen MR) is 63.9 cm³/mol. The molecule has 0 aliphatic carbocycles. The summed E-state index contributed by atoms with van der Waals surface area (Å²) in [4.78, 5) is 21.8. The molecular weight excluding hydrogens is 278 g/mol. The first-order valence-electron chi connectivity index (χ1n) is 5.12. The van der Waals surface area contributed by atoms with Crippen LogP contribution in [0.15, 0.2) is 16.5 Å². The highest BCUT2D eigenvalue weighted by molar-refractivity contribution is 7.89. The van der Waals surface area contributed by atoms with Crippen molar-refractivity contribution in [1.82, 2.24) is 10.6 Å². The number of aromatic carboxylic acids is 1. The lowest BCUT2D eigenvalue weighted by molar-refractivity contribution is 0.0660. The summed E-state index contributed by atoms with van der Waals surface area (Å²) in [6, 6.07) is 2.06. The van der Waals surface area contributed by atoms with Crippen LogP contribution in [-0.4, -0.2) is 37.8 Å². The van der Waals surface area contributed by atoms with Gasteiger partial charge in [0, 0.05) is 6.54 Å². The standard InChI is InChI=1S/C9H13N3O6S/c10-19(16,17)4-3-11-9(15)12-5-6-1-2-7(18-6)8(13)14/h1-2H,3-5H2,(H,13,14)(H2,10,16,17)(H2,11,12,15). The van der Waals surface area contributed by atoms with Crippen molar-refractivity contribution in [2.75, 3.05) is 12.3 Å². The number of carboxylic acids is 1. The van der Waals surface area contributed by atoms with Gasteiger partial charge >= 0.3 is 12.0 Å². The lowest BCUT2D eigenvalue weighted by atomic mass is 10.4. The average molecular weight is 291 g/mol. The van der Waals surface area contributed by atoms with E-state index in [2.05, 4.69) is 10.6 Å². The van der Waals surface area contributed by atoms with Crippen molar-refractivity contribution in [2.24, 2.45) is 5.14 Å². The molecule has 5 N–H and O–H groups in total. The molecule has 0 fully saturated rings. The molecule has 0 radical (unpaired) electrons. The lowest BCUT2D eigenvalue weighted by Crippen LogP contribution is -2.38. The maximum Gasteiger partial charge on any atom is 0.371 e. The van der Waals surface area contributed by atoms with Crippen LogP contribution in [0.4, 0.5) is 4.79 Å². The monoisotopic (exact) mass is 291 g/mol. The van der Waals surface area contributed by atoms with E-state index in [4.69, 9.17) is 14.7 Å². The summed E-state index contributed by atoms with van der Waals surface area (Å²) in [6.07, 6.45) is 0. The van der Waals surface area contributed by atoms with Crippen LogP contribution in [0.5, 0.6) is 0 Å². The Morgan fingerprint density at radius 1 is 1.32 bits per heavy atom. The van der Waals surface area contributed by atoms with Gasteiger partial charge in [0.25, 0.3) is 0 Å². The van der Waals surface area contributed by atoms with Gasteiger partial charge in [-0.3, -0.25) is 0 Å². The van der Waals surface area contributed by atoms with Crippen LogP contribution >= 0.6 is 0 Å². The number of sulfonamides is 1. The third-order valence-corrected chi connectivity index (χ3v) is 2.74. The fraction of sp³-hybridized carbons (Fsp3) is 0.333. The van der Waals surface area contributed by atoms with Crippen molar-refractivity contribution in [1.29, 1.82) is 0 Å². The van der Waals surface area contributed by atoms with Crippen molar-refractivity contribution in [3.05, 3.63) is 23.7 Å². The zero-order chi connectivity index (χ0) is 14.5. The van der Waals surface area contributed by atoms with Gasteiger partial charge in [0.05, 0.1) is 12.3 Å². The molecule has 106 valence electrons. The summed E-state index contributed by atoms with van der Waals surface area (Å²) < 4.78 is 26.1. The molecule has 0 saturated carbocycles. The first kappa shape index (κ1) is 15.0. The molecule has 0 aliphatic rings. The number of nitrogens with two attached hydrogens (primary N) is 1. The Balaban J connectivity index is 2.31. The Kier molecular flexibility index (Phi) is 4.89. The normalized spacial score (nSPS) is 11.0. The van der Waals surface area contributed by atoms with Crippen molar-refractivity contribution in [3.63, 3.8) is 0 Å². The second-order valence-corrected chi connectivity index (χ2v) is 5.28. The Bertz CT molecular complexity index is 564. The largest absolute Gasteiger partial charge is 0.475 e. The number of amides is 2. The van der Waals surface area contributed by atoms with Gasteiger partial charge in [-0.15, -0.1) is 0 Å². The molecule has 1 heterocycles. The fourth-order valence-electron chi connectivity index (χ4n) is 1.12. The van der Waals surface area contributed by atoms with E-state index in [1.54, 1.807) is 0 Å². The van der Waals surface area contributed by atoms with Crippen LogP contribution in [0, 0.1) is 0 Å². The SMILES string of the molecule is NS(=O)(=O)CCNC(=O)NCc1ccc(C(=O)O)o1. The van der Waals surface area contributed by atoms with Crippen LogP contribution in [0.1, 0.15) is 16.3 Å². The van der Waals surface area contributed by atoms with Gasteiger partial charge in [-0.25, -0.2) is 23.1 Å². The number of hydrogen-bond donors (Lipinski definition) is 4. The maximum absolute atomic E-state index is 11.2. The number of rotatable bonds is 6. The molecule has 0 atom stereocenters. The average Bonchev–Trinajstić information content (AvgIpc) is 2.73. The minimum atomic E-state index is -3.62. The fourth-order valence-corrected chi connectivity index (χ4v) is 1.51. The molecule has 0 unspecified atom stereocenters. The lowest BCUT2D eigenvalue weighted by Gasteiger charge is -2.05. The summed E-state index contributed by atoms with van der Waals surface area (Å²) in [7, 11) is -3.62. The van der Waals surface area contributed by atoms with Crippen molar-refractivity contribution in [3.8, 4) is 0 Å². The van der Waals surface area contributed by atoms with Gasteiger partial charge in [0.2, 0.25) is 15.8 Å². The number of nitrogens with one attached hydrogen (secondary N) is 2. The number of carbonyl (C=O) groups excluding carboxylic acids is 1. The number of carbonyl (C=O) groups is 2. The molecule has 0 bridgehead atoms. The quantitative estimate of drug-likeness (QED) is 0.531. The summed E-state index contributed by atoms with van der Waals surface area (Å²) in [5.41, 5.74) is 0. The molecule has 10 heteroatoms. The molecule has 0 saturated heterocycles. The Labute approximate surface area is 108 Å². The molecule has 9 nitrogen and oxygen atoms in total. The molecule has 0 spiro atoms. The number of primary sulfonamides is 1. The number of furan rings is 1. The van der Waals surface area contributed by atoms with E-state index in [0.717, 1.165) is 0 Å². The van der Waals surface area contributed by atoms with Gasteiger partial charge in [0.1, 0.15) is 5.76 Å². The van der Waals surface area contributed by atoms with E-state index >= 15 is 0 Å². The van der Waals surface area contributed by atoms with E-state index in [0.29, 0.717) is 0 Å². The topological polar surface area (TPSA) is 152 Å². The molecule has 0 aromatic carbocycles. The van der Waals surface area contributed by atoms with E-state index in [1.807, 2.05) is 0 Å². The van der Waals surface area contributed by atoms with Crippen LogP contribution in [0.3, 0.4) is 0 Å². The minimum absolute atomic E-state index is 0.0194. The van der Waals surface area contributed by atoms with Crippen molar-refractivity contribution >= 4 is 22.0 Å². The van der Waals surface area contributed by atoms with Gasteiger partial charge in [-0.1, -0.05) is 0 Å². The number of hydrogen-bond acceptors (Lipinski definition) is 5. The first-order chi connectivity index (χ1) is 8.78. The molecule has 19 heavy (non-hydrogen) atoms. The van der Waals surface area contributed by atoms with Crippen molar-refractivity contribution in [2.45, 2.75) is 6.54 Å². The minimum Gasteiger partial charge on any atom is -0.475 e. The predicted octanol–water partition coefficient (Wildman–Crippen LogP) is -0.934. The Morgan fingerprint density at radius 3 is 2.53 bits per heavy atom. The van der Waals surface area contributed by atoms with E-state index in [1.165, 1.54) is 12.1 Å². The maximum atomic E-state index is 11.2. The van der Waals surface area contributed by atoms with Crippen LogP contribution < -0.4 is 15.8 Å². The van der Waals surface area contributed by atoms with Crippen LogP contribution in [-0.2, 0) is 16.6 Å². The summed E-state index contributed by atoms with van der Waals surface area (Å²) in [6.45, 7) is -0.141. The van der Waals surface area contributed by atoms with Crippen molar-refractivity contribution < 1.29 is 27.5 Å².